The average molecular weight is 441 g/mol. The zero-order valence-electron chi connectivity index (χ0n) is 18.0. The van der Waals surface area contributed by atoms with Crippen molar-refractivity contribution in [1.82, 2.24) is 20.5 Å². The maximum Gasteiger partial charge on any atom is 0.256 e. The fourth-order valence-corrected chi connectivity index (χ4v) is 3.88. The van der Waals surface area contributed by atoms with Crippen molar-refractivity contribution in [2.45, 2.75) is 18.9 Å². The highest BCUT2D eigenvalue weighted by atomic mass is 16.5. The number of piperidine rings is 1. The number of fused-ring (bicyclic) bond motifs is 1. The molecule has 1 saturated heterocycles. The van der Waals surface area contributed by atoms with Crippen LogP contribution in [0, 0.1) is 0 Å². The number of amides is 1. The monoisotopic (exact) mass is 440 g/mol. The maximum absolute atomic E-state index is 12.7. The highest BCUT2D eigenvalue weighted by molar-refractivity contribution is 6.04. The topological polar surface area (TPSA) is 115 Å². The Balaban J connectivity index is 1.30. The highest BCUT2D eigenvalue weighted by Gasteiger charge is 2.15. The Bertz CT molecular complexity index is 1290. The number of carbonyl (C=O) groups is 1. The van der Waals surface area contributed by atoms with E-state index in [0.29, 0.717) is 17.1 Å². The number of aromatic nitrogens is 3. The molecule has 2 aromatic heterocycles. The second kappa shape index (κ2) is 9.22. The molecule has 4 aromatic rings. The maximum atomic E-state index is 12.7. The lowest BCUT2D eigenvalue weighted by atomic mass is 10.0. The normalized spacial score (nSPS) is 14.2. The first-order chi connectivity index (χ1) is 16.1. The van der Waals surface area contributed by atoms with Crippen molar-refractivity contribution in [3.8, 4) is 16.9 Å². The molecule has 8 heteroatoms. The smallest absolute Gasteiger partial charge is 0.256 e. The van der Waals surface area contributed by atoms with E-state index >= 15 is 0 Å². The molecule has 0 saturated carbocycles. The molecule has 0 unspecified atom stereocenters. The Labute approximate surface area is 191 Å². The van der Waals surface area contributed by atoms with Gasteiger partial charge in [-0.05, 0) is 80.0 Å². The lowest BCUT2D eigenvalue weighted by Crippen LogP contribution is -2.34. The molecule has 0 atom stereocenters. The van der Waals surface area contributed by atoms with Crippen LogP contribution in [0.15, 0.2) is 67.0 Å². The summed E-state index contributed by atoms with van der Waals surface area (Å²) < 4.78 is 6.01. The quantitative estimate of drug-likeness (QED) is 0.434. The third kappa shape index (κ3) is 4.91. The van der Waals surface area contributed by atoms with Gasteiger partial charge in [-0.3, -0.25) is 9.78 Å². The summed E-state index contributed by atoms with van der Waals surface area (Å²) in [5, 5.41) is 15.4. The number of anilines is 2. The summed E-state index contributed by atoms with van der Waals surface area (Å²) >= 11 is 0. The molecular weight excluding hydrogens is 416 g/mol. The standard InChI is InChI=1S/C25H24N6O2/c26-20-12-19(14-28-15-20)17-3-6-23-18(11-17)13-24(31-30-23)29-25(32)16-1-4-21(5-2-16)33-22-7-9-27-10-8-22/h1-6,11-15,22,27H,7-10,26H2,(H,29,31,32). The summed E-state index contributed by atoms with van der Waals surface area (Å²) in [5.41, 5.74) is 9.57. The number of rotatable bonds is 5. The van der Waals surface area contributed by atoms with Crippen molar-refractivity contribution in [3.63, 3.8) is 0 Å². The van der Waals surface area contributed by atoms with E-state index in [4.69, 9.17) is 10.5 Å². The number of nitrogens with one attached hydrogen (secondary N) is 2. The van der Waals surface area contributed by atoms with Crippen LogP contribution in [0.1, 0.15) is 23.2 Å². The summed E-state index contributed by atoms with van der Waals surface area (Å²) in [5.74, 6) is 0.895. The number of hydrogen-bond acceptors (Lipinski definition) is 7. The van der Waals surface area contributed by atoms with Gasteiger partial charge in [0.25, 0.3) is 5.91 Å². The lowest BCUT2D eigenvalue weighted by Gasteiger charge is -2.23. The second-order valence-electron chi connectivity index (χ2n) is 8.06. The number of benzene rings is 2. The van der Waals surface area contributed by atoms with Crippen LogP contribution < -0.4 is 21.1 Å². The summed E-state index contributed by atoms with van der Waals surface area (Å²) in [4.78, 5) is 16.9. The third-order valence-corrected chi connectivity index (χ3v) is 5.62. The highest BCUT2D eigenvalue weighted by Crippen LogP contribution is 2.25. The van der Waals surface area contributed by atoms with Gasteiger partial charge in [0.1, 0.15) is 11.9 Å². The van der Waals surface area contributed by atoms with Crippen LogP contribution in [-0.4, -0.2) is 40.3 Å². The first-order valence-electron chi connectivity index (χ1n) is 10.9. The van der Waals surface area contributed by atoms with E-state index < -0.39 is 0 Å². The van der Waals surface area contributed by atoms with Crippen molar-refractivity contribution in [3.05, 3.63) is 72.6 Å². The minimum atomic E-state index is -0.256. The summed E-state index contributed by atoms with van der Waals surface area (Å²) in [6, 6.07) is 16.6. The van der Waals surface area contributed by atoms with E-state index in [9.17, 15) is 4.79 Å². The van der Waals surface area contributed by atoms with Crippen LogP contribution in [0.4, 0.5) is 11.5 Å². The molecular formula is C25H24N6O2. The van der Waals surface area contributed by atoms with Gasteiger partial charge < -0.3 is 21.1 Å². The number of hydrogen-bond donors (Lipinski definition) is 3. The van der Waals surface area contributed by atoms with Crippen LogP contribution >= 0.6 is 0 Å². The number of nitrogens with two attached hydrogens (primary N) is 1. The zero-order chi connectivity index (χ0) is 22.6. The SMILES string of the molecule is Nc1cncc(-c2ccc3nnc(NC(=O)c4ccc(OC5CCNCC5)cc4)cc3c2)c1. The minimum absolute atomic E-state index is 0.215. The molecule has 1 aliphatic heterocycles. The van der Waals surface area contributed by atoms with Crippen LogP contribution in [0.2, 0.25) is 0 Å². The number of ether oxygens (including phenoxy) is 1. The molecule has 0 bridgehead atoms. The predicted molar refractivity (Wildman–Crippen MR) is 128 cm³/mol. The van der Waals surface area contributed by atoms with Crippen molar-refractivity contribution in [1.29, 1.82) is 0 Å². The molecule has 1 fully saturated rings. The largest absolute Gasteiger partial charge is 0.490 e. The second-order valence-corrected chi connectivity index (χ2v) is 8.06. The van der Waals surface area contributed by atoms with E-state index in [0.717, 1.165) is 53.7 Å². The Morgan fingerprint density at radius 3 is 2.58 bits per heavy atom. The molecule has 0 radical (unpaired) electrons. The Morgan fingerprint density at radius 1 is 0.970 bits per heavy atom. The zero-order valence-corrected chi connectivity index (χ0v) is 18.0. The van der Waals surface area contributed by atoms with Crippen molar-refractivity contribution >= 4 is 28.3 Å². The molecule has 5 rings (SSSR count). The summed E-state index contributed by atoms with van der Waals surface area (Å²) in [6.45, 7) is 1.94. The third-order valence-electron chi connectivity index (χ3n) is 5.62. The number of nitrogens with zero attached hydrogens (tertiary/aromatic N) is 3. The van der Waals surface area contributed by atoms with Gasteiger partial charge in [0, 0.05) is 28.9 Å². The predicted octanol–water partition coefficient (Wildman–Crippen LogP) is 3.66. The summed E-state index contributed by atoms with van der Waals surface area (Å²) in [7, 11) is 0. The van der Waals surface area contributed by atoms with E-state index in [2.05, 4.69) is 25.8 Å². The van der Waals surface area contributed by atoms with Gasteiger partial charge in [-0.15, -0.1) is 10.2 Å². The molecule has 4 N–H and O–H groups in total. The van der Waals surface area contributed by atoms with Gasteiger partial charge in [-0.25, -0.2) is 0 Å². The Morgan fingerprint density at radius 2 is 1.79 bits per heavy atom. The van der Waals surface area contributed by atoms with Gasteiger partial charge in [-0.1, -0.05) is 6.07 Å². The van der Waals surface area contributed by atoms with Gasteiger partial charge in [0.2, 0.25) is 0 Å². The van der Waals surface area contributed by atoms with E-state index in [1.54, 1.807) is 30.6 Å². The van der Waals surface area contributed by atoms with Crippen LogP contribution in [0.3, 0.4) is 0 Å². The number of carbonyl (C=O) groups excluding carboxylic acids is 1. The molecule has 33 heavy (non-hydrogen) atoms. The molecule has 2 aromatic carbocycles. The van der Waals surface area contributed by atoms with Gasteiger partial charge in [0.15, 0.2) is 5.82 Å². The van der Waals surface area contributed by atoms with Crippen LogP contribution in [-0.2, 0) is 0 Å². The van der Waals surface area contributed by atoms with Crippen LogP contribution in [0.25, 0.3) is 22.0 Å². The fraction of sp³-hybridized carbons (Fsp3) is 0.200. The van der Waals surface area contributed by atoms with Crippen LogP contribution in [0.5, 0.6) is 5.75 Å². The first-order valence-corrected chi connectivity index (χ1v) is 10.9. The van der Waals surface area contributed by atoms with Gasteiger partial charge in [-0.2, -0.15) is 0 Å². The summed E-state index contributed by atoms with van der Waals surface area (Å²) in [6.07, 6.45) is 5.55. The molecule has 1 aliphatic rings. The number of nitrogen functional groups attached to an aromatic ring is 1. The molecule has 0 aliphatic carbocycles. The van der Waals surface area contributed by atoms with Crippen molar-refractivity contribution in [2.75, 3.05) is 24.1 Å². The van der Waals surface area contributed by atoms with E-state index in [-0.39, 0.29) is 12.0 Å². The lowest BCUT2D eigenvalue weighted by molar-refractivity contribution is 0.102. The average Bonchev–Trinajstić information content (AvgIpc) is 2.85. The fourth-order valence-electron chi connectivity index (χ4n) is 3.88. The Kier molecular flexibility index (Phi) is 5.82. The van der Waals surface area contributed by atoms with Crippen molar-refractivity contribution < 1.29 is 9.53 Å². The van der Waals surface area contributed by atoms with Gasteiger partial charge >= 0.3 is 0 Å². The molecule has 8 nitrogen and oxygen atoms in total. The Hall–Kier alpha value is -4.04. The minimum Gasteiger partial charge on any atom is -0.490 e. The van der Waals surface area contributed by atoms with Gasteiger partial charge in [0.05, 0.1) is 11.2 Å². The van der Waals surface area contributed by atoms with E-state index in [1.165, 1.54) is 0 Å². The number of pyridine rings is 1. The van der Waals surface area contributed by atoms with Crippen molar-refractivity contribution in [2.24, 2.45) is 0 Å². The molecule has 166 valence electrons. The molecule has 1 amide bonds. The van der Waals surface area contributed by atoms with E-state index in [1.807, 2.05) is 36.4 Å². The molecule has 3 heterocycles. The first kappa shape index (κ1) is 20.8. The molecule has 0 spiro atoms.